The van der Waals surface area contributed by atoms with Gasteiger partial charge in [-0.05, 0) is 42.3 Å². The number of nitrogens with one attached hydrogen (secondary N) is 2. The van der Waals surface area contributed by atoms with Crippen LogP contribution in [-0.2, 0) is 11.4 Å². The Morgan fingerprint density at radius 3 is 2.67 bits per heavy atom. The van der Waals surface area contributed by atoms with Gasteiger partial charge in [-0.25, -0.2) is 4.39 Å². The average Bonchev–Trinajstić information content (AvgIpc) is 2.93. The monoisotopic (exact) mass is 383 g/mol. The molecule has 0 saturated heterocycles. The Morgan fingerprint density at radius 2 is 1.93 bits per heavy atom. The summed E-state index contributed by atoms with van der Waals surface area (Å²) in [6.45, 7) is 2.33. The van der Waals surface area contributed by atoms with Gasteiger partial charge in [0.15, 0.2) is 5.82 Å². The second-order valence-electron chi connectivity index (χ2n) is 6.33. The highest BCUT2D eigenvalue weighted by atomic mass is 32.2. The number of halogens is 1. The Bertz CT molecular complexity index is 954. The lowest BCUT2D eigenvalue weighted by Crippen LogP contribution is -2.12. The number of aromatic nitrogens is 2. The molecule has 2 aromatic carbocycles. The molecule has 1 amide bonds. The van der Waals surface area contributed by atoms with Gasteiger partial charge < -0.3 is 10.1 Å². The van der Waals surface area contributed by atoms with Crippen molar-refractivity contribution < 1.29 is 13.9 Å². The number of aryl methyl sites for hydroxylation is 1. The lowest BCUT2D eigenvalue weighted by Gasteiger charge is -2.16. The van der Waals surface area contributed by atoms with Crippen LogP contribution in [0.5, 0.6) is 5.75 Å². The van der Waals surface area contributed by atoms with Gasteiger partial charge in [0.2, 0.25) is 5.91 Å². The van der Waals surface area contributed by atoms with Gasteiger partial charge in [-0.1, -0.05) is 24.3 Å². The fourth-order valence-electron chi connectivity index (χ4n) is 3.01. The first-order valence-corrected chi connectivity index (χ1v) is 9.58. The Labute approximate surface area is 160 Å². The summed E-state index contributed by atoms with van der Waals surface area (Å²) in [7, 11) is 0. The predicted molar refractivity (Wildman–Crippen MR) is 103 cm³/mol. The molecule has 138 valence electrons. The molecule has 27 heavy (non-hydrogen) atoms. The maximum Gasteiger partial charge on any atom is 0.235 e. The van der Waals surface area contributed by atoms with Crippen LogP contribution in [0.4, 0.5) is 10.2 Å². The lowest BCUT2D eigenvalue weighted by atomic mass is 10.0. The van der Waals surface area contributed by atoms with E-state index in [-0.39, 0.29) is 17.0 Å². The number of carbonyl (C=O) groups is 1. The first-order valence-electron chi connectivity index (χ1n) is 8.53. The third-order valence-electron chi connectivity index (χ3n) is 4.40. The maximum absolute atomic E-state index is 13.0. The molecule has 1 unspecified atom stereocenters. The van der Waals surface area contributed by atoms with E-state index >= 15 is 0 Å². The third-order valence-corrected chi connectivity index (χ3v) is 5.67. The quantitative estimate of drug-likeness (QED) is 0.708. The normalized spacial score (nSPS) is 16.4. The van der Waals surface area contributed by atoms with Gasteiger partial charge in [-0.3, -0.25) is 9.89 Å². The number of hydrogen-bond acceptors (Lipinski definition) is 4. The van der Waals surface area contributed by atoms with E-state index in [2.05, 4.69) is 15.5 Å². The number of ether oxygens (including phenoxy) is 1. The van der Waals surface area contributed by atoms with E-state index in [1.54, 1.807) is 23.9 Å². The zero-order chi connectivity index (χ0) is 18.8. The Hall–Kier alpha value is -2.80. The minimum Gasteiger partial charge on any atom is -0.489 e. The van der Waals surface area contributed by atoms with E-state index in [1.807, 2.05) is 31.2 Å². The molecule has 4 rings (SSSR count). The fourth-order valence-corrected chi connectivity index (χ4v) is 4.21. The van der Waals surface area contributed by atoms with Crippen LogP contribution in [0.2, 0.25) is 0 Å². The molecule has 3 aromatic rings. The van der Waals surface area contributed by atoms with Gasteiger partial charge in [-0.15, -0.1) is 11.8 Å². The Morgan fingerprint density at radius 1 is 1.19 bits per heavy atom. The first kappa shape index (κ1) is 17.6. The molecule has 0 spiro atoms. The van der Waals surface area contributed by atoms with Crippen molar-refractivity contribution in [1.29, 1.82) is 0 Å². The van der Waals surface area contributed by atoms with E-state index in [0.717, 1.165) is 28.1 Å². The van der Waals surface area contributed by atoms with Crippen LogP contribution in [0.25, 0.3) is 0 Å². The minimum absolute atomic E-state index is 0.0175. The molecule has 1 aliphatic heterocycles. The Balaban J connectivity index is 1.51. The molecule has 0 fully saturated rings. The highest BCUT2D eigenvalue weighted by molar-refractivity contribution is 8.00. The van der Waals surface area contributed by atoms with Crippen molar-refractivity contribution in [2.75, 3.05) is 11.1 Å². The number of anilines is 1. The topological polar surface area (TPSA) is 67.0 Å². The summed E-state index contributed by atoms with van der Waals surface area (Å²) < 4.78 is 18.7. The van der Waals surface area contributed by atoms with Crippen molar-refractivity contribution in [1.82, 2.24) is 10.2 Å². The van der Waals surface area contributed by atoms with E-state index in [1.165, 1.54) is 12.1 Å². The number of aromatic amines is 1. The number of amides is 1. The second kappa shape index (κ2) is 7.44. The summed E-state index contributed by atoms with van der Waals surface area (Å²) in [5.74, 6) is 1.41. The van der Waals surface area contributed by atoms with Gasteiger partial charge >= 0.3 is 0 Å². The second-order valence-corrected chi connectivity index (χ2v) is 7.43. The van der Waals surface area contributed by atoms with Crippen LogP contribution < -0.4 is 10.1 Å². The summed E-state index contributed by atoms with van der Waals surface area (Å²) >= 11 is 1.58. The van der Waals surface area contributed by atoms with E-state index < -0.39 is 0 Å². The van der Waals surface area contributed by atoms with Gasteiger partial charge in [0.1, 0.15) is 18.2 Å². The number of fused-ring (bicyclic) bond motifs is 1. The zero-order valence-corrected chi connectivity index (χ0v) is 15.5. The van der Waals surface area contributed by atoms with Crippen LogP contribution in [0.3, 0.4) is 0 Å². The van der Waals surface area contributed by atoms with Crippen molar-refractivity contribution in [3.8, 4) is 5.75 Å². The molecule has 1 aliphatic rings. The van der Waals surface area contributed by atoms with Crippen LogP contribution in [0.1, 0.15) is 27.6 Å². The number of thioether (sulfide) groups is 1. The molecule has 0 bridgehead atoms. The molecule has 7 heteroatoms. The van der Waals surface area contributed by atoms with Crippen LogP contribution in [0.15, 0.2) is 48.5 Å². The number of benzene rings is 2. The molecular weight excluding hydrogens is 365 g/mol. The van der Waals surface area contributed by atoms with E-state index in [4.69, 9.17) is 4.74 Å². The largest absolute Gasteiger partial charge is 0.489 e. The average molecular weight is 383 g/mol. The summed E-state index contributed by atoms with van der Waals surface area (Å²) in [4.78, 5) is 11.9. The number of rotatable bonds is 4. The van der Waals surface area contributed by atoms with Crippen LogP contribution in [0, 0.1) is 12.7 Å². The van der Waals surface area contributed by atoms with Crippen molar-refractivity contribution in [2.24, 2.45) is 0 Å². The van der Waals surface area contributed by atoms with E-state index in [0.29, 0.717) is 18.2 Å². The molecule has 0 aliphatic carbocycles. The minimum atomic E-state index is -0.258. The first-order chi connectivity index (χ1) is 13.1. The number of H-pyrrole nitrogens is 1. The molecule has 2 heterocycles. The van der Waals surface area contributed by atoms with E-state index in [9.17, 15) is 9.18 Å². The molecular formula is C20H18FN3O2S. The number of nitrogens with zero attached hydrogens (tertiary/aromatic N) is 1. The maximum atomic E-state index is 13.0. The molecule has 0 radical (unpaired) electrons. The summed E-state index contributed by atoms with van der Waals surface area (Å²) in [5, 5.41) is 10.0. The molecule has 1 atom stereocenters. The van der Waals surface area contributed by atoms with Gasteiger partial charge in [0.05, 0.1) is 11.0 Å². The van der Waals surface area contributed by atoms with Gasteiger partial charge in [-0.2, -0.15) is 5.10 Å². The van der Waals surface area contributed by atoms with Crippen LogP contribution >= 0.6 is 11.8 Å². The number of hydrogen-bond donors (Lipinski definition) is 2. The third kappa shape index (κ3) is 3.83. The molecule has 0 saturated carbocycles. The van der Waals surface area contributed by atoms with Crippen molar-refractivity contribution in [2.45, 2.75) is 18.8 Å². The molecule has 1 aromatic heterocycles. The lowest BCUT2D eigenvalue weighted by molar-refractivity contribution is -0.113. The van der Waals surface area contributed by atoms with Crippen molar-refractivity contribution in [3.05, 3.63) is 76.7 Å². The van der Waals surface area contributed by atoms with Crippen LogP contribution in [-0.4, -0.2) is 21.9 Å². The van der Waals surface area contributed by atoms with Gasteiger partial charge in [0.25, 0.3) is 0 Å². The standard InChI is InChI=1S/C20H18FN3O2S/c1-12-18-19(27-11-17(25)22-20(18)24-23-12)14-4-8-16(9-5-14)26-10-13-2-6-15(21)7-3-13/h2-9,19H,10-11H2,1H3,(H2,22,23,24,25). The summed E-state index contributed by atoms with van der Waals surface area (Å²) in [5.41, 5.74) is 3.94. The SMILES string of the molecule is Cc1[nH]nc2c1C(c1ccc(OCc3ccc(F)cc3)cc1)SCC(=O)N2. The zero-order valence-electron chi connectivity index (χ0n) is 14.7. The summed E-state index contributed by atoms with van der Waals surface area (Å²) in [6, 6.07) is 14.1. The smallest absolute Gasteiger partial charge is 0.235 e. The van der Waals surface area contributed by atoms with Gasteiger partial charge in [0, 0.05) is 11.3 Å². The number of carbonyl (C=O) groups excluding carboxylic acids is 1. The molecule has 2 N–H and O–H groups in total. The summed E-state index contributed by atoms with van der Waals surface area (Å²) in [6.07, 6.45) is 0. The highest BCUT2D eigenvalue weighted by Gasteiger charge is 2.28. The Kier molecular flexibility index (Phi) is 4.85. The predicted octanol–water partition coefficient (Wildman–Crippen LogP) is 4.21. The van der Waals surface area contributed by atoms with Crippen molar-refractivity contribution >= 4 is 23.5 Å². The highest BCUT2D eigenvalue weighted by Crippen LogP contribution is 2.42. The van der Waals surface area contributed by atoms with Crippen molar-refractivity contribution in [3.63, 3.8) is 0 Å². The molecule has 5 nitrogen and oxygen atoms in total. The fraction of sp³-hybridized carbons (Fsp3) is 0.200.